The van der Waals surface area contributed by atoms with E-state index in [0.29, 0.717) is 27.9 Å². The van der Waals surface area contributed by atoms with Gasteiger partial charge in [-0.2, -0.15) is 0 Å². The van der Waals surface area contributed by atoms with Crippen LogP contribution >= 0.6 is 11.6 Å². The minimum absolute atomic E-state index is 0.0186. The first-order valence-electron chi connectivity index (χ1n) is 8.45. The number of aryl methyl sites for hydroxylation is 2. The molecule has 29 heavy (non-hydrogen) atoms. The first-order valence-corrected chi connectivity index (χ1v) is 8.82. The molecule has 0 saturated carbocycles. The van der Waals surface area contributed by atoms with E-state index in [0.717, 1.165) is 12.1 Å². The smallest absolute Gasteiger partial charge is 0.255 e. The van der Waals surface area contributed by atoms with Crippen molar-refractivity contribution < 1.29 is 18.8 Å². The molecule has 0 fully saturated rings. The molecule has 1 aromatic heterocycles. The highest BCUT2D eigenvalue weighted by molar-refractivity contribution is 6.51. The molecule has 3 rings (SSSR count). The number of halogens is 3. The number of pyridine rings is 1. The average molecular weight is 417 g/mol. The zero-order valence-corrected chi connectivity index (χ0v) is 16.2. The molecule has 3 aromatic rings. The van der Waals surface area contributed by atoms with Crippen molar-refractivity contribution in [1.29, 1.82) is 0 Å². The Labute approximate surface area is 169 Å². The van der Waals surface area contributed by atoms with Crippen molar-refractivity contribution in [2.75, 3.05) is 0 Å². The van der Waals surface area contributed by atoms with Gasteiger partial charge >= 0.3 is 0 Å². The Bertz CT molecular complexity index is 1200. The molecule has 0 amide bonds. The summed E-state index contributed by atoms with van der Waals surface area (Å²) in [6, 6.07) is 8.30. The molecule has 148 valence electrons. The van der Waals surface area contributed by atoms with E-state index in [4.69, 9.17) is 11.6 Å². The van der Waals surface area contributed by atoms with E-state index < -0.39 is 28.7 Å². The average Bonchev–Trinajstić information content (AvgIpc) is 2.64. The monoisotopic (exact) mass is 416 g/mol. The Hall–Kier alpha value is -3.32. The number of ketones is 1. The lowest BCUT2D eigenvalue weighted by Crippen LogP contribution is -2.23. The van der Waals surface area contributed by atoms with Crippen LogP contribution in [0.15, 0.2) is 58.6 Å². The van der Waals surface area contributed by atoms with Crippen LogP contribution in [0.5, 0.6) is 0 Å². The predicted molar refractivity (Wildman–Crippen MR) is 106 cm³/mol. The van der Waals surface area contributed by atoms with Crippen molar-refractivity contribution in [2.24, 2.45) is 5.16 Å². The van der Waals surface area contributed by atoms with Crippen molar-refractivity contribution in [3.8, 4) is 5.69 Å². The molecule has 5 nitrogen and oxygen atoms in total. The van der Waals surface area contributed by atoms with Crippen LogP contribution in [0.25, 0.3) is 5.69 Å². The van der Waals surface area contributed by atoms with E-state index in [-0.39, 0.29) is 11.1 Å². The number of benzene rings is 2. The van der Waals surface area contributed by atoms with Crippen molar-refractivity contribution in [2.45, 2.75) is 13.8 Å². The molecule has 0 radical (unpaired) electrons. The summed E-state index contributed by atoms with van der Waals surface area (Å²) in [4.78, 5) is 25.3. The number of carbonyl (C=O) groups is 1. The zero-order valence-electron chi connectivity index (χ0n) is 15.4. The summed E-state index contributed by atoms with van der Waals surface area (Å²) in [5, 5.41) is 12.7. The van der Waals surface area contributed by atoms with Crippen LogP contribution in [-0.4, -0.2) is 21.3 Å². The van der Waals surface area contributed by atoms with E-state index in [2.05, 4.69) is 5.16 Å². The second-order valence-corrected chi connectivity index (χ2v) is 6.85. The maximum Gasteiger partial charge on any atom is 0.255 e. The number of hydrogen-bond donors (Lipinski definition) is 1. The summed E-state index contributed by atoms with van der Waals surface area (Å²) in [5.41, 5.74) is 0.572. The number of carbonyl (C=O) groups excluding carboxylic acids is 1. The van der Waals surface area contributed by atoms with Gasteiger partial charge < -0.3 is 5.21 Å². The quantitative estimate of drug-likeness (QED) is 0.295. The van der Waals surface area contributed by atoms with Gasteiger partial charge in [0.1, 0.15) is 11.6 Å². The lowest BCUT2D eigenvalue weighted by Gasteiger charge is -2.14. The number of nitrogens with zero attached hydrogens (tertiary/aromatic N) is 2. The van der Waals surface area contributed by atoms with Crippen molar-refractivity contribution in [3.05, 3.63) is 97.9 Å². The van der Waals surface area contributed by atoms with Crippen LogP contribution < -0.4 is 5.56 Å². The number of rotatable bonds is 4. The highest BCUT2D eigenvalue weighted by Gasteiger charge is 2.22. The topological polar surface area (TPSA) is 71.7 Å². The lowest BCUT2D eigenvalue weighted by molar-refractivity contribution is 0.106. The fourth-order valence-corrected chi connectivity index (χ4v) is 3.45. The summed E-state index contributed by atoms with van der Waals surface area (Å²) in [5.74, 6) is -2.72. The fraction of sp³-hybridized carbons (Fsp3) is 0.0952. The van der Waals surface area contributed by atoms with Gasteiger partial charge in [0.25, 0.3) is 5.56 Å². The van der Waals surface area contributed by atoms with E-state index in [1.807, 2.05) is 0 Å². The third-order valence-electron chi connectivity index (χ3n) is 4.37. The van der Waals surface area contributed by atoms with Crippen LogP contribution in [-0.2, 0) is 0 Å². The minimum atomic E-state index is -1.05. The molecule has 1 N–H and O–H groups in total. The van der Waals surface area contributed by atoms with Gasteiger partial charge in [0.15, 0.2) is 5.71 Å². The second-order valence-electron chi connectivity index (χ2n) is 6.42. The first kappa shape index (κ1) is 20.4. The molecule has 0 spiro atoms. The third kappa shape index (κ3) is 3.95. The van der Waals surface area contributed by atoms with E-state index in [1.165, 1.54) is 22.9 Å². The summed E-state index contributed by atoms with van der Waals surface area (Å²) in [6.45, 7) is 3.54. The number of oxime groups is 1. The fourth-order valence-electron chi connectivity index (χ4n) is 3.12. The highest BCUT2D eigenvalue weighted by atomic mass is 35.5. The van der Waals surface area contributed by atoms with E-state index >= 15 is 0 Å². The Morgan fingerprint density at radius 2 is 1.72 bits per heavy atom. The van der Waals surface area contributed by atoms with Crippen LogP contribution in [0.4, 0.5) is 8.78 Å². The van der Waals surface area contributed by atoms with Gasteiger partial charge in [-0.3, -0.25) is 14.2 Å². The summed E-state index contributed by atoms with van der Waals surface area (Å²) >= 11 is 6.04. The standard InChI is InChI=1S/C21H15ClF2N2O3/c1-11-7-14(22)8-12(2)20(11)26-10-13(3-6-18(26)27)21(28)19(25-29)16-5-4-15(23)9-17(16)24/h3-10,29H,1-2H3/b25-19+. The molecule has 0 aliphatic heterocycles. The Balaban J connectivity index is 2.12. The molecular formula is C21H15ClF2N2O3. The van der Waals surface area contributed by atoms with Gasteiger partial charge in [-0.25, -0.2) is 8.78 Å². The number of aromatic nitrogens is 1. The molecule has 0 aliphatic rings. The Kier molecular flexibility index (Phi) is 5.61. The number of Topliss-reactive ketones (excluding diaryl/α,β-unsaturated/α-hetero) is 1. The Morgan fingerprint density at radius 1 is 1.07 bits per heavy atom. The molecule has 2 aromatic carbocycles. The van der Waals surface area contributed by atoms with Gasteiger partial charge in [0.05, 0.1) is 5.69 Å². The van der Waals surface area contributed by atoms with Gasteiger partial charge in [-0.15, -0.1) is 0 Å². The Morgan fingerprint density at radius 3 is 2.31 bits per heavy atom. The minimum Gasteiger partial charge on any atom is -0.410 e. The molecule has 0 bridgehead atoms. The van der Waals surface area contributed by atoms with Crippen LogP contribution in [0.1, 0.15) is 27.0 Å². The maximum atomic E-state index is 14.1. The molecule has 0 unspecified atom stereocenters. The van der Waals surface area contributed by atoms with Crippen molar-refractivity contribution in [1.82, 2.24) is 4.57 Å². The van der Waals surface area contributed by atoms with Crippen LogP contribution in [0.3, 0.4) is 0 Å². The normalized spacial score (nSPS) is 11.6. The SMILES string of the molecule is Cc1cc(Cl)cc(C)c1-n1cc(C(=O)/C(=N/O)c2ccc(F)cc2F)ccc1=O. The summed E-state index contributed by atoms with van der Waals surface area (Å²) < 4.78 is 28.5. The molecule has 0 aliphatic carbocycles. The first-order chi connectivity index (χ1) is 13.7. The maximum absolute atomic E-state index is 14.1. The molecule has 1 heterocycles. The lowest BCUT2D eigenvalue weighted by atomic mass is 10.0. The van der Waals surface area contributed by atoms with Crippen molar-refractivity contribution >= 4 is 23.1 Å². The molecule has 8 heteroatoms. The van der Waals surface area contributed by atoms with Crippen LogP contribution in [0, 0.1) is 25.5 Å². The number of hydrogen-bond acceptors (Lipinski definition) is 4. The van der Waals surface area contributed by atoms with Gasteiger partial charge in [-0.1, -0.05) is 16.8 Å². The molecule has 0 saturated heterocycles. The molecular weight excluding hydrogens is 402 g/mol. The largest absolute Gasteiger partial charge is 0.410 e. The summed E-state index contributed by atoms with van der Waals surface area (Å²) in [7, 11) is 0. The molecule has 0 atom stereocenters. The van der Waals surface area contributed by atoms with E-state index in [1.54, 1.807) is 26.0 Å². The van der Waals surface area contributed by atoms with Crippen molar-refractivity contribution in [3.63, 3.8) is 0 Å². The highest BCUT2D eigenvalue weighted by Crippen LogP contribution is 2.23. The zero-order chi connectivity index (χ0) is 21.3. The predicted octanol–water partition coefficient (Wildman–Crippen LogP) is 4.45. The van der Waals surface area contributed by atoms with Gasteiger partial charge in [-0.05, 0) is 55.3 Å². The third-order valence-corrected chi connectivity index (χ3v) is 4.59. The second kappa shape index (κ2) is 7.97. The van der Waals surface area contributed by atoms with Crippen LogP contribution in [0.2, 0.25) is 5.02 Å². The van der Waals surface area contributed by atoms with Gasteiger partial charge in [0, 0.05) is 34.5 Å². The summed E-state index contributed by atoms with van der Waals surface area (Å²) in [6.07, 6.45) is 1.28. The van der Waals surface area contributed by atoms with Gasteiger partial charge in [0.2, 0.25) is 5.78 Å². The van der Waals surface area contributed by atoms with E-state index in [9.17, 15) is 23.6 Å².